The van der Waals surface area contributed by atoms with Crippen molar-refractivity contribution in [1.29, 1.82) is 0 Å². The predicted molar refractivity (Wildman–Crippen MR) is 92.0 cm³/mol. The molecule has 2 aromatic carbocycles. The zero-order valence-corrected chi connectivity index (χ0v) is 13.2. The molecular weight excluding hydrogens is 336 g/mol. The Balaban J connectivity index is 1.83. The fourth-order valence-electron chi connectivity index (χ4n) is 1.90. The van der Waals surface area contributed by atoms with Gasteiger partial charge in [-0.05, 0) is 59.8 Å². The number of aliphatic imine (C=N–C) groups is 1. The van der Waals surface area contributed by atoms with E-state index < -0.39 is 0 Å². The third kappa shape index (κ3) is 3.67. The van der Waals surface area contributed by atoms with Crippen LogP contribution >= 0.6 is 23.4 Å². The monoisotopic (exact) mass is 346 g/mol. The molecule has 3 N–H and O–H groups in total. The Bertz CT molecular complexity index is 832. The third-order valence-corrected chi connectivity index (χ3v) is 4.17. The highest BCUT2D eigenvalue weighted by atomic mass is 35.5. The fraction of sp³-hybridized carbons (Fsp3) is 0. The maximum absolute atomic E-state index is 12.0. The first-order chi connectivity index (χ1) is 11.0. The Labute approximate surface area is 141 Å². The molecule has 116 valence electrons. The van der Waals surface area contributed by atoms with Crippen molar-refractivity contribution in [2.75, 3.05) is 0 Å². The fourth-order valence-corrected chi connectivity index (χ4v) is 2.86. The van der Waals surface area contributed by atoms with Crippen molar-refractivity contribution in [3.63, 3.8) is 0 Å². The number of phenolic OH excluding ortho intramolecular Hbond substituents is 2. The number of rotatable bonds is 2. The van der Waals surface area contributed by atoms with E-state index in [0.29, 0.717) is 26.3 Å². The second-order valence-corrected chi connectivity index (χ2v) is 6.17. The van der Waals surface area contributed by atoms with Crippen molar-refractivity contribution >= 4 is 46.2 Å². The van der Waals surface area contributed by atoms with Crippen molar-refractivity contribution in [3.05, 3.63) is 58.0 Å². The number of hydrogen-bond acceptors (Lipinski definition) is 5. The Morgan fingerprint density at radius 2 is 1.83 bits per heavy atom. The molecule has 1 heterocycles. The smallest absolute Gasteiger partial charge is 0.264 e. The van der Waals surface area contributed by atoms with Gasteiger partial charge in [-0.3, -0.25) is 4.79 Å². The summed E-state index contributed by atoms with van der Waals surface area (Å²) in [5.41, 5.74) is 1.28. The van der Waals surface area contributed by atoms with Crippen molar-refractivity contribution in [2.24, 2.45) is 4.99 Å². The Hall–Kier alpha value is -2.44. The number of nitrogens with one attached hydrogen (secondary N) is 1. The summed E-state index contributed by atoms with van der Waals surface area (Å²) in [6.07, 6.45) is 1.61. The summed E-state index contributed by atoms with van der Waals surface area (Å²) in [6, 6.07) is 11.3. The number of thioether (sulfide) groups is 1. The van der Waals surface area contributed by atoms with Crippen molar-refractivity contribution < 1.29 is 15.0 Å². The number of hydrogen-bond donors (Lipinski definition) is 3. The van der Waals surface area contributed by atoms with Gasteiger partial charge in [0, 0.05) is 5.02 Å². The van der Waals surface area contributed by atoms with Gasteiger partial charge in [0.2, 0.25) is 0 Å². The van der Waals surface area contributed by atoms with Gasteiger partial charge in [-0.1, -0.05) is 17.7 Å². The highest BCUT2D eigenvalue weighted by Crippen LogP contribution is 2.31. The van der Waals surface area contributed by atoms with E-state index in [2.05, 4.69) is 10.3 Å². The molecule has 1 fully saturated rings. The highest BCUT2D eigenvalue weighted by Gasteiger charge is 2.23. The van der Waals surface area contributed by atoms with Gasteiger partial charge in [0.1, 0.15) is 0 Å². The summed E-state index contributed by atoms with van der Waals surface area (Å²) < 4.78 is 0. The summed E-state index contributed by atoms with van der Waals surface area (Å²) >= 11 is 7.01. The molecule has 7 heteroatoms. The number of carbonyl (C=O) groups is 1. The summed E-state index contributed by atoms with van der Waals surface area (Å²) in [7, 11) is 0. The third-order valence-electron chi connectivity index (χ3n) is 3.01. The normalized spacial score (nSPS) is 17.7. The molecular formula is C16H11ClN2O3S. The Morgan fingerprint density at radius 3 is 2.52 bits per heavy atom. The van der Waals surface area contributed by atoms with Gasteiger partial charge in [-0.15, -0.1) is 0 Å². The van der Waals surface area contributed by atoms with Crippen molar-refractivity contribution in [1.82, 2.24) is 5.32 Å². The van der Waals surface area contributed by atoms with Crippen LogP contribution in [0, 0.1) is 0 Å². The first kappa shape index (κ1) is 15.5. The number of amidine groups is 1. The van der Waals surface area contributed by atoms with E-state index in [1.54, 1.807) is 36.4 Å². The van der Waals surface area contributed by atoms with Crippen molar-refractivity contribution in [2.45, 2.75) is 0 Å². The topological polar surface area (TPSA) is 81.9 Å². The summed E-state index contributed by atoms with van der Waals surface area (Å²) in [5.74, 6) is -0.714. The lowest BCUT2D eigenvalue weighted by atomic mass is 10.2. The molecule has 5 nitrogen and oxygen atoms in total. The van der Waals surface area contributed by atoms with Crippen LogP contribution in [0.2, 0.25) is 5.02 Å². The number of nitrogens with zero attached hydrogens (tertiary/aromatic N) is 1. The Kier molecular flexibility index (Phi) is 4.27. The van der Waals surface area contributed by atoms with E-state index in [9.17, 15) is 15.0 Å². The number of aromatic hydroxyl groups is 2. The van der Waals surface area contributed by atoms with Crippen molar-refractivity contribution in [3.8, 4) is 11.5 Å². The van der Waals surface area contributed by atoms with Gasteiger partial charge in [0.05, 0.1) is 10.6 Å². The van der Waals surface area contributed by atoms with E-state index in [1.807, 2.05) is 0 Å². The highest BCUT2D eigenvalue weighted by molar-refractivity contribution is 8.18. The lowest BCUT2D eigenvalue weighted by Crippen LogP contribution is -2.19. The summed E-state index contributed by atoms with van der Waals surface area (Å²) in [4.78, 5) is 16.8. The van der Waals surface area contributed by atoms with Crippen LogP contribution in [-0.2, 0) is 4.79 Å². The minimum absolute atomic E-state index is 0.208. The molecule has 1 saturated heterocycles. The number of phenols is 2. The zero-order chi connectivity index (χ0) is 16.4. The molecule has 0 spiro atoms. The van der Waals surface area contributed by atoms with E-state index >= 15 is 0 Å². The van der Waals surface area contributed by atoms with Crippen LogP contribution in [0.15, 0.2) is 52.4 Å². The number of amides is 1. The summed E-state index contributed by atoms with van der Waals surface area (Å²) in [6.45, 7) is 0. The average molecular weight is 347 g/mol. The molecule has 23 heavy (non-hydrogen) atoms. The number of halogens is 1. The van der Waals surface area contributed by atoms with Gasteiger partial charge < -0.3 is 15.5 Å². The molecule has 0 saturated carbocycles. The molecule has 0 aromatic heterocycles. The lowest BCUT2D eigenvalue weighted by Gasteiger charge is -1.99. The minimum Gasteiger partial charge on any atom is -0.504 e. The lowest BCUT2D eigenvalue weighted by molar-refractivity contribution is -0.115. The molecule has 1 amide bonds. The maximum atomic E-state index is 12.0. The Morgan fingerprint density at radius 1 is 1.09 bits per heavy atom. The summed E-state index contributed by atoms with van der Waals surface area (Å²) in [5, 5.41) is 22.5. The quantitative estimate of drug-likeness (QED) is 0.572. The molecule has 0 radical (unpaired) electrons. The van der Waals surface area contributed by atoms with Crippen LogP contribution in [0.4, 0.5) is 5.69 Å². The second-order valence-electron chi connectivity index (χ2n) is 4.71. The molecule has 0 aliphatic carbocycles. The average Bonchev–Trinajstić information content (AvgIpc) is 2.85. The van der Waals surface area contributed by atoms with Gasteiger partial charge >= 0.3 is 0 Å². The van der Waals surface area contributed by atoms with E-state index in [-0.39, 0.29) is 17.4 Å². The van der Waals surface area contributed by atoms with Crippen LogP contribution in [-0.4, -0.2) is 21.3 Å². The maximum Gasteiger partial charge on any atom is 0.264 e. The van der Waals surface area contributed by atoms with E-state index in [0.717, 1.165) is 0 Å². The van der Waals surface area contributed by atoms with Gasteiger partial charge in [-0.25, -0.2) is 4.99 Å². The first-order valence-corrected chi connectivity index (χ1v) is 7.78. The number of carbonyl (C=O) groups excluding carboxylic acids is 1. The van der Waals surface area contributed by atoms with Gasteiger partial charge in [0.15, 0.2) is 16.7 Å². The largest absolute Gasteiger partial charge is 0.504 e. The van der Waals surface area contributed by atoms with Crippen LogP contribution < -0.4 is 5.32 Å². The number of benzene rings is 2. The van der Waals surface area contributed by atoms with Crippen LogP contribution in [0.3, 0.4) is 0 Å². The molecule has 0 unspecified atom stereocenters. The molecule has 2 aromatic rings. The molecule has 3 rings (SSSR count). The molecule has 0 bridgehead atoms. The molecule has 0 atom stereocenters. The predicted octanol–water partition coefficient (Wildman–Crippen LogP) is 3.64. The van der Waals surface area contributed by atoms with Crippen LogP contribution in [0.5, 0.6) is 11.5 Å². The minimum atomic E-state index is -0.268. The van der Waals surface area contributed by atoms with Crippen LogP contribution in [0.1, 0.15) is 5.56 Å². The van der Waals surface area contributed by atoms with E-state index in [4.69, 9.17) is 11.6 Å². The van der Waals surface area contributed by atoms with Crippen LogP contribution in [0.25, 0.3) is 6.08 Å². The molecule has 1 aliphatic heterocycles. The first-order valence-electron chi connectivity index (χ1n) is 6.58. The van der Waals surface area contributed by atoms with Gasteiger partial charge in [0.25, 0.3) is 5.91 Å². The SMILES string of the molecule is O=C1NC(=Nc2ccc(Cl)cc2)S/C1=C\c1ccc(O)c(O)c1. The van der Waals surface area contributed by atoms with Gasteiger partial charge in [-0.2, -0.15) is 0 Å². The van der Waals surface area contributed by atoms with E-state index in [1.165, 1.54) is 23.9 Å². The standard InChI is InChI=1S/C16H11ClN2O3S/c17-10-2-4-11(5-3-10)18-16-19-15(22)14(23-16)8-9-1-6-12(20)13(21)7-9/h1-8,20-21H,(H,18,19,22)/b14-8-. The molecule has 1 aliphatic rings. The second kappa shape index (κ2) is 6.36. The zero-order valence-electron chi connectivity index (χ0n) is 11.7.